The van der Waals surface area contributed by atoms with Gasteiger partial charge in [0.15, 0.2) is 29.3 Å². The highest BCUT2D eigenvalue weighted by atomic mass is 32.3. The maximum Gasteiger partial charge on any atom is 0.356 e. The summed E-state index contributed by atoms with van der Waals surface area (Å²) in [6, 6.07) is 21.6. The molecular weight excluding hydrogens is 745 g/mol. The van der Waals surface area contributed by atoms with E-state index in [9.17, 15) is 27.4 Å². The van der Waals surface area contributed by atoms with Gasteiger partial charge in [0.25, 0.3) is 11.8 Å². The molecule has 18 heteroatoms. The number of aryl methyl sites for hydroxylation is 1. The molecule has 6 rings (SSSR count). The molecule has 1 unspecified atom stereocenters. The number of nitrogens with two attached hydrogens (primary N) is 1. The third kappa shape index (κ3) is 9.73. The minimum absolute atomic E-state index is 0.104. The topological polar surface area (TPSA) is 207 Å². The number of esters is 1. The number of nitrogens with zero attached hydrogens (tertiary/aromatic N) is 4. The van der Waals surface area contributed by atoms with Crippen LogP contribution in [0.5, 0.6) is 0 Å². The highest BCUT2D eigenvalue weighted by molar-refractivity contribution is 8.00. The molecule has 53 heavy (non-hydrogen) atoms. The van der Waals surface area contributed by atoms with Crippen molar-refractivity contribution in [3.05, 3.63) is 137 Å². The molecule has 2 aromatic heterocycles. The number of nitrogen functional groups attached to an aromatic ring is 1. The van der Waals surface area contributed by atoms with E-state index in [0.717, 1.165) is 35.1 Å². The number of hydrogen-bond acceptors (Lipinski definition) is 14. The summed E-state index contributed by atoms with van der Waals surface area (Å²) in [6.07, 6.45) is 4.61. The van der Waals surface area contributed by atoms with Gasteiger partial charge in [-0.3, -0.25) is 18.7 Å². The molecule has 15 nitrogen and oxygen atoms in total. The van der Waals surface area contributed by atoms with Gasteiger partial charge in [-0.15, -0.1) is 23.1 Å². The van der Waals surface area contributed by atoms with Crippen molar-refractivity contribution >= 4 is 62.1 Å². The minimum Gasteiger partial charge on any atom is -0.726 e. The molecule has 0 saturated carbocycles. The molecule has 2 aromatic carbocycles. The molecule has 2 atom stereocenters. The molecule has 1 saturated heterocycles. The number of benzene rings is 2. The Morgan fingerprint density at radius 1 is 1.15 bits per heavy atom. The lowest BCUT2D eigenvalue weighted by atomic mass is 10.0. The summed E-state index contributed by atoms with van der Waals surface area (Å²) in [5.74, 6) is -1.41. The van der Waals surface area contributed by atoms with Gasteiger partial charge >= 0.3 is 5.97 Å². The summed E-state index contributed by atoms with van der Waals surface area (Å²) in [5, 5.41) is 8.14. The second kappa shape index (κ2) is 17.4. The summed E-state index contributed by atoms with van der Waals surface area (Å²) in [7, 11) is -1.72. The lowest BCUT2D eigenvalue weighted by Crippen LogP contribution is -2.71. The van der Waals surface area contributed by atoms with E-state index in [4.69, 9.17) is 15.3 Å². The molecule has 276 valence electrons. The van der Waals surface area contributed by atoms with Crippen LogP contribution in [0.15, 0.2) is 120 Å². The molecule has 2 amide bonds. The van der Waals surface area contributed by atoms with Crippen LogP contribution in [0.3, 0.4) is 0 Å². The number of ether oxygens (including phenoxy) is 1. The van der Waals surface area contributed by atoms with Crippen molar-refractivity contribution in [2.24, 2.45) is 12.2 Å². The van der Waals surface area contributed by atoms with Gasteiger partial charge in [0.2, 0.25) is 10.4 Å². The van der Waals surface area contributed by atoms with Crippen molar-refractivity contribution in [3.63, 3.8) is 0 Å². The largest absolute Gasteiger partial charge is 0.726 e. The highest BCUT2D eigenvalue weighted by Crippen LogP contribution is 2.42. The molecule has 1 fully saturated rings. The predicted molar refractivity (Wildman–Crippen MR) is 195 cm³/mol. The van der Waals surface area contributed by atoms with E-state index in [0.29, 0.717) is 11.3 Å². The third-order valence-corrected chi connectivity index (χ3v) is 10.1. The van der Waals surface area contributed by atoms with Gasteiger partial charge in [0.1, 0.15) is 36.5 Å². The number of amides is 2. The van der Waals surface area contributed by atoms with Gasteiger partial charge in [-0.25, -0.2) is 22.8 Å². The second-order valence-corrected chi connectivity index (χ2v) is 14.4. The number of nitrogens with one attached hydrogen (secondary N) is 1. The van der Waals surface area contributed by atoms with Crippen molar-refractivity contribution in [1.82, 2.24) is 15.2 Å². The zero-order valence-electron chi connectivity index (χ0n) is 28.4. The predicted octanol–water partition coefficient (Wildman–Crippen LogP) is 2.74. The van der Waals surface area contributed by atoms with Crippen LogP contribution in [0.1, 0.15) is 28.5 Å². The van der Waals surface area contributed by atoms with Crippen molar-refractivity contribution in [2.45, 2.75) is 24.1 Å². The molecule has 0 bridgehead atoms. The summed E-state index contributed by atoms with van der Waals surface area (Å²) >= 11 is 2.55. The number of thioether (sulfide) groups is 1. The number of carbonyl (C=O) groups is 3. The number of anilines is 1. The number of aromatic nitrogens is 2. The maximum absolute atomic E-state index is 13.9. The third-order valence-electron chi connectivity index (χ3n) is 7.73. The summed E-state index contributed by atoms with van der Waals surface area (Å²) in [6.45, 7) is 3.97. The molecule has 0 radical (unpaired) electrons. The van der Waals surface area contributed by atoms with Gasteiger partial charge in [-0.1, -0.05) is 78.5 Å². The summed E-state index contributed by atoms with van der Waals surface area (Å²) in [4.78, 5) is 52.2. The molecule has 0 aliphatic carbocycles. The molecule has 0 spiro atoms. The number of fused-ring (bicyclic) bond motifs is 1. The Morgan fingerprint density at radius 3 is 2.34 bits per heavy atom. The second-order valence-electron chi connectivity index (χ2n) is 11.3. The van der Waals surface area contributed by atoms with Gasteiger partial charge in [-0.2, -0.15) is 0 Å². The maximum atomic E-state index is 13.9. The average molecular weight is 779 g/mol. The van der Waals surface area contributed by atoms with Crippen molar-refractivity contribution < 1.29 is 45.7 Å². The van der Waals surface area contributed by atoms with E-state index >= 15 is 0 Å². The number of hydrogen-bond donors (Lipinski definition) is 2. The first-order chi connectivity index (χ1) is 25.4. The molecular formula is C35H34N6O9S3. The monoisotopic (exact) mass is 778 g/mol. The molecule has 2 aliphatic heterocycles. The molecule has 3 N–H and O–H groups in total. The number of carbonyl (C=O) groups excluding carboxylic acids is 3. The van der Waals surface area contributed by atoms with Gasteiger partial charge in [-0.05, 0) is 22.8 Å². The fourth-order valence-corrected chi connectivity index (χ4v) is 7.14. The number of allylic oxidation sites excluding steroid dienone is 1. The Balaban J connectivity index is 0.000000833. The van der Waals surface area contributed by atoms with E-state index in [-0.39, 0.29) is 28.8 Å². The van der Waals surface area contributed by atoms with E-state index < -0.39 is 45.7 Å². The van der Waals surface area contributed by atoms with Gasteiger partial charge < -0.3 is 25.2 Å². The lowest BCUT2D eigenvalue weighted by molar-refractivity contribution is -0.672. The van der Waals surface area contributed by atoms with E-state index in [1.54, 1.807) is 11.5 Å². The Hall–Kier alpha value is -5.40. The zero-order valence-corrected chi connectivity index (χ0v) is 30.8. The van der Waals surface area contributed by atoms with Gasteiger partial charge in [0.05, 0.1) is 12.7 Å². The van der Waals surface area contributed by atoms with Crippen LogP contribution in [-0.2, 0) is 52.2 Å². The number of pyridine rings is 1. The SMILES string of the molecule is C=CC1=C(C(=O)OC(c2ccccc2)c2ccccc2)N2C(=O)C(NC(=O)C(=NOCc3ccc[n+](C)c3)c3csc(N)n3)[C@@H]2SC1.COS(=O)(=O)[O-]. The van der Waals surface area contributed by atoms with E-state index in [2.05, 4.69) is 26.2 Å². The summed E-state index contributed by atoms with van der Waals surface area (Å²) in [5.41, 5.74) is 9.01. The van der Waals surface area contributed by atoms with Crippen LogP contribution in [0.25, 0.3) is 0 Å². The zero-order chi connectivity index (χ0) is 38.1. The lowest BCUT2D eigenvalue weighted by Gasteiger charge is -2.49. The molecule has 4 aromatic rings. The smallest absolute Gasteiger partial charge is 0.356 e. The van der Waals surface area contributed by atoms with Crippen LogP contribution in [0, 0.1) is 0 Å². The highest BCUT2D eigenvalue weighted by Gasteiger charge is 2.54. The van der Waals surface area contributed by atoms with Crippen LogP contribution < -0.4 is 15.6 Å². The molecule has 2 aliphatic rings. The minimum atomic E-state index is -4.41. The van der Waals surface area contributed by atoms with Crippen molar-refractivity contribution in [1.29, 1.82) is 0 Å². The number of oxime groups is 1. The van der Waals surface area contributed by atoms with Gasteiger partial charge in [0, 0.05) is 17.2 Å². The molecule has 4 heterocycles. The number of rotatable bonds is 12. The number of β-lactam (4-membered cyclic amide) rings is 1. The van der Waals surface area contributed by atoms with Crippen LogP contribution in [0.4, 0.5) is 5.13 Å². The van der Waals surface area contributed by atoms with Crippen molar-refractivity contribution in [2.75, 3.05) is 18.6 Å². The Morgan fingerprint density at radius 2 is 1.79 bits per heavy atom. The van der Waals surface area contributed by atoms with Crippen LogP contribution in [-0.4, -0.2) is 70.6 Å². The van der Waals surface area contributed by atoms with Crippen molar-refractivity contribution in [3.8, 4) is 0 Å². The Labute approximate surface area is 313 Å². The Bertz CT molecular complexity index is 2100. The standard InChI is InChI=1S/C34H30N6O5S2.CH4O4S/c1-3-22-19-46-32-27(37-30(41)26(25-20-47-34(35)36-25)38-44-18-21-11-10-16-39(2)17-21)31(42)40(32)28(22)33(43)45-29(23-12-6-4-7-13-23)24-14-8-5-9-15-24;1-5-6(2,3)4/h3-17,20,27,29,32H,1,18-19H2,2H3,(H2-,35,36,37,41);1H3,(H,2,3,4)/t27?,32-;/m0./s1. The first-order valence-corrected chi connectivity index (χ1v) is 18.9. The normalized spacial score (nSPS) is 16.9. The fraction of sp³-hybridized carbons (Fsp3) is 0.200. The van der Waals surface area contributed by atoms with E-state index in [1.807, 2.05) is 96.8 Å². The Kier molecular flexibility index (Phi) is 12.8. The first-order valence-electron chi connectivity index (χ1n) is 15.7. The van der Waals surface area contributed by atoms with Crippen LogP contribution in [0.2, 0.25) is 0 Å². The summed E-state index contributed by atoms with van der Waals surface area (Å²) < 4.78 is 39.0. The quantitative estimate of drug-likeness (QED) is 0.0405. The number of thiazole rings is 1. The first kappa shape index (κ1) is 38.8. The van der Waals surface area contributed by atoms with Crippen LogP contribution >= 0.6 is 23.1 Å². The average Bonchev–Trinajstić information content (AvgIpc) is 3.59. The van der Waals surface area contributed by atoms with E-state index in [1.165, 1.54) is 16.7 Å². The fourth-order valence-electron chi connectivity index (χ4n) is 5.25.